The minimum absolute atomic E-state index is 0. The second-order valence-corrected chi connectivity index (χ2v) is 5.92. The van der Waals surface area contributed by atoms with Crippen LogP contribution in [0.2, 0.25) is 0 Å². The predicted octanol–water partition coefficient (Wildman–Crippen LogP) is 0.380. The molecule has 2 aromatic rings. The molecule has 0 saturated carbocycles. The van der Waals surface area contributed by atoms with E-state index in [4.69, 9.17) is 5.73 Å². The van der Waals surface area contributed by atoms with Crippen molar-refractivity contribution in [2.24, 2.45) is 11.7 Å². The standard InChI is InChI=1S/C14H24N8O.ClH/c1-9(2)13(15)14-17-11(4)19-22(14)8-12(23)16-5-6-21-7-10(3)18-20-21;/h7,9,13H,5-6,8,15H2,1-4H3,(H,16,23);1H/t13-;/m0./s1. The highest BCUT2D eigenvalue weighted by Gasteiger charge is 2.19. The van der Waals surface area contributed by atoms with Crippen LogP contribution in [-0.4, -0.2) is 42.2 Å². The molecule has 2 rings (SSSR count). The summed E-state index contributed by atoms with van der Waals surface area (Å²) < 4.78 is 3.27. The van der Waals surface area contributed by atoms with Gasteiger partial charge in [0.1, 0.15) is 18.2 Å². The van der Waals surface area contributed by atoms with Gasteiger partial charge in [0, 0.05) is 12.7 Å². The fraction of sp³-hybridized carbons (Fsp3) is 0.643. The number of nitrogens with one attached hydrogen (secondary N) is 1. The average Bonchev–Trinajstić information content (AvgIpc) is 3.04. The Kier molecular flexibility index (Phi) is 7.30. The van der Waals surface area contributed by atoms with Gasteiger partial charge >= 0.3 is 0 Å². The highest BCUT2D eigenvalue weighted by atomic mass is 35.5. The number of nitrogens with two attached hydrogens (primary N) is 1. The van der Waals surface area contributed by atoms with Gasteiger partial charge in [-0.3, -0.25) is 9.48 Å². The first-order valence-electron chi connectivity index (χ1n) is 7.67. The van der Waals surface area contributed by atoms with Gasteiger partial charge in [0.25, 0.3) is 0 Å². The van der Waals surface area contributed by atoms with Crippen LogP contribution in [0.15, 0.2) is 6.20 Å². The van der Waals surface area contributed by atoms with Crippen LogP contribution in [0.1, 0.15) is 37.2 Å². The first kappa shape index (κ1) is 20.0. The number of nitrogens with zero attached hydrogens (tertiary/aromatic N) is 6. The molecule has 0 spiro atoms. The van der Waals surface area contributed by atoms with E-state index in [1.165, 1.54) is 0 Å². The van der Waals surface area contributed by atoms with Crippen molar-refractivity contribution >= 4 is 18.3 Å². The summed E-state index contributed by atoms with van der Waals surface area (Å²) in [5.41, 5.74) is 6.98. The van der Waals surface area contributed by atoms with Crippen molar-refractivity contribution in [1.82, 2.24) is 35.1 Å². The summed E-state index contributed by atoms with van der Waals surface area (Å²) in [6.07, 6.45) is 1.83. The molecule has 0 aliphatic heterocycles. The monoisotopic (exact) mass is 356 g/mol. The number of carbonyl (C=O) groups excluding carboxylic acids is 1. The molecule has 1 atom stereocenters. The molecule has 1 amide bonds. The molecular weight excluding hydrogens is 332 g/mol. The van der Waals surface area contributed by atoms with E-state index in [1.807, 2.05) is 27.0 Å². The van der Waals surface area contributed by atoms with Gasteiger partial charge < -0.3 is 11.1 Å². The van der Waals surface area contributed by atoms with E-state index in [9.17, 15) is 4.79 Å². The number of hydrogen-bond acceptors (Lipinski definition) is 6. The zero-order chi connectivity index (χ0) is 17.0. The van der Waals surface area contributed by atoms with Gasteiger partial charge in [0.15, 0.2) is 0 Å². The highest BCUT2D eigenvalue weighted by Crippen LogP contribution is 2.16. The normalized spacial score (nSPS) is 12.1. The Labute approximate surface area is 147 Å². The Morgan fingerprint density at radius 1 is 1.38 bits per heavy atom. The smallest absolute Gasteiger partial charge is 0.241 e. The maximum absolute atomic E-state index is 12.1. The zero-order valence-corrected chi connectivity index (χ0v) is 15.2. The Hall–Kier alpha value is -2.00. The third kappa shape index (κ3) is 5.27. The lowest BCUT2D eigenvalue weighted by Crippen LogP contribution is -2.32. The van der Waals surface area contributed by atoms with E-state index in [-0.39, 0.29) is 36.8 Å². The van der Waals surface area contributed by atoms with Crippen molar-refractivity contribution in [2.45, 2.75) is 46.8 Å². The van der Waals surface area contributed by atoms with E-state index < -0.39 is 0 Å². The number of halogens is 1. The van der Waals surface area contributed by atoms with Crippen LogP contribution in [-0.2, 0) is 17.9 Å². The van der Waals surface area contributed by atoms with Gasteiger partial charge in [-0.2, -0.15) is 5.10 Å². The van der Waals surface area contributed by atoms with Crippen molar-refractivity contribution < 1.29 is 4.79 Å². The van der Waals surface area contributed by atoms with Gasteiger partial charge in [-0.15, -0.1) is 17.5 Å². The van der Waals surface area contributed by atoms with Crippen LogP contribution in [0.4, 0.5) is 0 Å². The molecule has 3 N–H and O–H groups in total. The SMILES string of the molecule is Cc1cn(CCNC(=O)Cn2nc(C)nc2[C@@H](N)C(C)C)nn1.Cl. The van der Waals surface area contributed by atoms with E-state index >= 15 is 0 Å². The zero-order valence-electron chi connectivity index (χ0n) is 14.4. The Balaban J connectivity index is 0.00000288. The summed E-state index contributed by atoms with van der Waals surface area (Å²) in [6.45, 7) is 8.83. The molecule has 2 heterocycles. The van der Waals surface area contributed by atoms with E-state index in [2.05, 4.69) is 25.7 Å². The molecule has 0 unspecified atom stereocenters. The summed E-state index contributed by atoms with van der Waals surface area (Å²) in [4.78, 5) is 16.4. The molecule has 0 aliphatic carbocycles. The van der Waals surface area contributed by atoms with Crippen molar-refractivity contribution in [3.05, 3.63) is 23.5 Å². The third-order valence-corrected chi connectivity index (χ3v) is 3.43. The summed E-state index contributed by atoms with van der Waals surface area (Å²) in [5, 5.41) is 14.9. The predicted molar refractivity (Wildman–Crippen MR) is 91.5 cm³/mol. The van der Waals surface area contributed by atoms with Crippen LogP contribution in [0.3, 0.4) is 0 Å². The van der Waals surface area contributed by atoms with Crippen molar-refractivity contribution in [3.8, 4) is 0 Å². The molecule has 0 radical (unpaired) electrons. The first-order valence-corrected chi connectivity index (χ1v) is 7.67. The van der Waals surface area contributed by atoms with Gasteiger partial charge in [-0.05, 0) is 19.8 Å². The summed E-state index contributed by atoms with van der Waals surface area (Å²) >= 11 is 0. The molecule has 0 aliphatic rings. The van der Waals surface area contributed by atoms with Gasteiger partial charge in [0.2, 0.25) is 5.91 Å². The Morgan fingerprint density at radius 2 is 2.08 bits per heavy atom. The number of hydrogen-bond donors (Lipinski definition) is 2. The number of amides is 1. The largest absolute Gasteiger partial charge is 0.353 e. The molecule has 0 fully saturated rings. The lowest BCUT2D eigenvalue weighted by atomic mass is 10.1. The number of aromatic nitrogens is 6. The second-order valence-electron chi connectivity index (χ2n) is 5.92. The van der Waals surface area contributed by atoms with Crippen LogP contribution < -0.4 is 11.1 Å². The number of aryl methyl sites for hydroxylation is 2. The maximum atomic E-state index is 12.1. The summed E-state index contributed by atoms with van der Waals surface area (Å²) in [5.74, 6) is 1.33. The lowest BCUT2D eigenvalue weighted by Gasteiger charge is -2.15. The molecule has 0 saturated heterocycles. The van der Waals surface area contributed by atoms with Crippen LogP contribution in [0.5, 0.6) is 0 Å². The highest BCUT2D eigenvalue weighted by molar-refractivity contribution is 5.85. The molecule has 134 valence electrons. The summed E-state index contributed by atoms with van der Waals surface area (Å²) in [6, 6.07) is -0.248. The Morgan fingerprint density at radius 3 is 2.67 bits per heavy atom. The van der Waals surface area contributed by atoms with Crippen molar-refractivity contribution in [2.75, 3.05) is 6.54 Å². The van der Waals surface area contributed by atoms with Gasteiger partial charge in [-0.1, -0.05) is 19.1 Å². The van der Waals surface area contributed by atoms with Gasteiger partial charge in [-0.25, -0.2) is 9.67 Å². The topological polar surface area (TPSA) is 117 Å². The van der Waals surface area contributed by atoms with Crippen molar-refractivity contribution in [3.63, 3.8) is 0 Å². The van der Waals surface area contributed by atoms with Crippen LogP contribution in [0.25, 0.3) is 0 Å². The second kappa shape index (κ2) is 8.74. The fourth-order valence-electron chi connectivity index (χ4n) is 2.14. The maximum Gasteiger partial charge on any atom is 0.241 e. The minimum atomic E-state index is -0.248. The van der Waals surface area contributed by atoms with Crippen LogP contribution >= 0.6 is 12.4 Å². The van der Waals surface area contributed by atoms with E-state index in [1.54, 1.807) is 16.3 Å². The van der Waals surface area contributed by atoms with Crippen LogP contribution in [0, 0.1) is 19.8 Å². The molecule has 10 heteroatoms. The molecular formula is C14H25ClN8O. The first-order chi connectivity index (χ1) is 10.9. The van der Waals surface area contributed by atoms with E-state index in [0.29, 0.717) is 24.7 Å². The molecule has 0 aromatic carbocycles. The van der Waals surface area contributed by atoms with E-state index in [0.717, 1.165) is 5.69 Å². The molecule has 24 heavy (non-hydrogen) atoms. The van der Waals surface area contributed by atoms with Crippen molar-refractivity contribution in [1.29, 1.82) is 0 Å². The number of rotatable bonds is 7. The quantitative estimate of drug-likeness (QED) is 0.740. The molecule has 0 bridgehead atoms. The third-order valence-electron chi connectivity index (χ3n) is 3.43. The average molecular weight is 357 g/mol. The van der Waals surface area contributed by atoms with Gasteiger partial charge in [0.05, 0.1) is 18.3 Å². The lowest BCUT2D eigenvalue weighted by molar-refractivity contribution is -0.121. The molecule has 2 aromatic heterocycles. The molecule has 9 nitrogen and oxygen atoms in total. The fourth-order valence-corrected chi connectivity index (χ4v) is 2.14. The minimum Gasteiger partial charge on any atom is -0.353 e. The Bertz CT molecular complexity index is 666. The number of carbonyl (C=O) groups is 1. The summed E-state index contributed by atoms with van der Waals surface area (Å²) in [7, 11) is 0.